The molecule has 0 radical (unpaired) electrons. The van der Waals surface area contributed by atoms with Gasteiger partial charge in [0.25, 0.3) is 0 Å². The number of benzene rings is 2. The minimum Gasteiger partial charge on any atom is -0.493 e. The van der Waals surface area contributed by atoms with E-state index in [2.05, 4.69) is 17.4 Å². The number of aryl methyl sites for hydroxylation is 1. The molecule has 6 nitrogen and oxygen atoms in total. The highest BCUT2D eigenvalue weighted by molar-refractivity contribution is 5.70. The standard InChI is InChI=1S/C24H31NO5/c1-27-20-16-18(17-21(28-2)23(20)29-3)8-7-11-22(26)30-24(12-14-25-15-13-24)19-9-5-4-6-10-19/h4-6,9-10,16-17,25H,7-8,11-15H2,1-3H3. The molecule has 0 spiro atoms. The Kier molecular flexibility index (Phi) is 7.57. The Hall–Kier alpha value is -2.73. The summed E-state index contributed by atoms with van der Waals surface area (Å²) in [6, 6.07) is 13.9. The Morgan fingerprint density at radius 3 is 2.17 bits per heavy atom. The van der Waals surface area contributed by atoms with Crippen LogP contribution in [-0.2, 0) is 21.6 Å². The summed E-state index contributed by atoms with van der Waals surface area (Å²) in [5, 5.41) is 3.35. The second-order valence-electron chi connectivity index (χ2n) is 7.47. The van der Waals surface area contributed by atoms with Gasteiger partial charge in [-0.25, -0.2) is 0 Å². The lowest BCUT2D eigenvalue weighted by Gasteiger charge is -2.37. The van der Waals surface area contributed by atoms with Gasteiger partial charge in [0.05, 0.1) is 21.3 Å². The SMILES string of the molecule is COc1cc(CCCC(=O)OC2(c3ccccc3)CCNCC2)cc(OC)c1OC. The topological polar surface area (TPSA) is 66.0 Å². The van der Waals surface area contributed by atoms with Gasteiger partial charge in [0.2, 0.25) is 5.75 Å². The number of ether oxygens (including phenoxy) is 4. The van der Waals surface area contributed by atoms with Crippen molar-refractivity contribution in [2.75, 3.05) is 34.4 Å². The van der Waals surface area contributed by atoms with Gasteiger partial charge in [-0.2, -0.15) is 0 Å². The van der Waals surface area contributed by atoms with E-state index in [9.17, 15) is 4.79 Å². The summed E-state index contributed by atoms with van der Waals surface area (Å²) in [6.45, 7) is 1.68. The van der Waals surface area contributed by atoms with E-state index in [0.717, 1.165) is 37.1 Å². The zero-order chi connectivity index (χ0) is 21.4. The lowest BCUT2D eigenvalue weighted by atomic mass is 9.84. The predicted octanol–water partition coefficient (Wildman–Crippen LogP) is 3.86. The van der Waals surface area contributed by atoms with E-state index in [1.54, 1.807) is 21.3 Å². The van der Waals surface area contributed by atoms with Crippen molar-refractivity contribution in [2.45, 2.75) is 37.7 Å². The molecular weight excluding hydrogens is 382 g/mol. The summed E-state index contributed by atoms with van der Waals surface area (Å²) in [5.41, 5.74) is 1.57. The summed E-state index contributed by atoms with van der Waals surface area (Å²) in [7, 11) is 4.78. The third-order valence-corrected chi connectivity index (χ3v) is 5.59. The maximum atomic E-state index is 12.7. The fraction of sp³-hybridized carbons (Fsp3) is 0.458. The molecule has 0 bridgehead atoms. The van der Waals surface area contributed by atoms with Crippen LogP contribution in [0, 0.1) is 0 Å². The molecule has 0 saturated carbocycles. The average molecular weight is 414 g/mol. The van der Waals surface area contributed by atoms with Gasteiger partial charge < -0.3 is 24.3 Å². The first-order valence-corrected chi connectivity index (χ1v) is 10.4. The molecule has 3 rings (SSSR count). The monoisotopic (exact) mass is 413 g/mol. The highest BCUT2D eigenvalue weighted by atomic mass is 16.6. The molecular formula is C24H31NO5. The van der Waals surface area contributed by atoms with E-state index in [1.807, 2.05) is 30.3 Å². The van der Waals surface area contributed by atoms with E-state index in [1.165, 1.54) is 0 Å². The zero-order valence-electron chi connectivity index (χ0n) is 18.0. The van der Waals surface area contributed by atoms with Crippen LogP contribution >= 0.6 is 0 Å². The Morgan fingerprint density at radius 1 is 0.967 bits per heavy atom. The van der Waals surface area contributed by atoms with Crippen LogP contribution in [0.2, 0.25) is 0 Å². The summed E-state index contributed by atoms with van der Waals surface area (Å²) < 4.78 is 22.3. The summed E-state index contributed by atoms with van der Waals surface area (Å²) in [4.78, 5) is 12.7. The Bertz CT molecular complexity index is 806. The normalized spacial score (nSPS) is 15.3. The van der Waals surface area contributed by atoms with Crippen LogP contribution in [0.3, 0.4) is 0 Å². The highest BCUT2D eigenvalue weighted by Crippen LogP contribution is 2.39. The second-order valence-corrected chi connectivity index (χ2v) is 7.47. The summed E-state index contributed by atoms with van der Waals surface area (Å²) >= 11 is 0. The van der Waals surface area contributed by atoms with Gasteiger partial charge >= 0.3 is 5.97 Å². The molecule has 6 heteroatoms. The minimum atomic E-state index is -0.532. The molecule has 1 heterocycles. The van der Waals surface area contributed by atoms with Crippen molar-refractivity contribution in [1.82, 2.24) is 5.32 Å². The van der Waals surface area contributed by atoms with Crippen LogP contribution in [0.15, 0.2) is 42.5 Å². The van der Waals surface area contributed by atoms with Crippen LogP contribution in [0.1, 0.15) is 36.8 Å². The van der Waals surface area contributed by atoms with Crippen molar-refractivity contribution >= 4 is 5.97 Å². The van der Waals surface area contributed by atoms with Gasteiger partial charge in [0, 0.05) is 19.3 Å². The van der Waals surface area contributed by atoms with Gasteiger partial charge in [-0.3, -0.25) is 4.79 Å². The van der Waals surface area contributed by atoms with Crippen LogP contribution in [-0.4, -0.2) is 40.4 Å². The largest absolute Gasteiger partial charge is 0.493 e. The van der Waals surface area contributed by atoms with E-state index < -0.39 is 5.60 Å². The van der Waals surface area contributed by atoms with Crippen molar-refractivity contribution in [3.05, 3.63) is 53.6 Å². The van der Waals surface area contributed by atoms with E-state index in [4.69, 9.17) is 18.9 Å². The Morgan fingerprint density at radius 2 is 1.60 bits per heavy atom. The van der Waals surface area contributed by atoms with Gasteiger partial charge in [-0.05, 0) is 49.2 Å². The molecule has 1 aliphatic heterocycles. The number of piperidine rings is 1. The van der Waals surface area contributed by atoms with Crippen LogP contribution < -0.4 is 19.5 Å². The molecule has 0 atom stereocenters. The van der Waals surface area contributed by atoms with E-state index in [0.29, 0.717) is 36.5 Å². The highest BCUT2D eigenvalue weighted by Gasteiger charge is 2.37. The number of carbonyl (C=O) groups is 1. The quantitative estimate of drug-likeness (QED) is 0.630. The Labute approximate surface area is 178 Å². The smallest absolute Gasteiger partial charge is 0.306 e. The number of hydrogen-bond acceptors (Lipinski definition) is 6. The number of esters is 1. The lowest BCUT2D eigenvalue weighted by molar-refractivity contribution is -0.164. The van der Waals surface area contributed by atoms with Crippen LogP contribution in [0.25, 0.3) is 0 Å². The number of methoxy groups -OCH3 is 3. The molecule has 0 unspecified atom stereocenters. The molecule has 1 fully saturated rings. The second kappa shape index (κ2) is 10.3. The molecule has 1 saturated heterocycles. The molecule has 1 N–H and O–H groups in total. The summed E-state index contributed by atoms with van der Waals surface area (Å²) in [5.74, 6) is 1.64. The van der Waals surface area contributed by atoms with Gasteiger partial charge in [0.1, 0.15) is 5.60 Å². The molecule has 30 heavy (non-hydrogen) atoms. The molecule has 162 valence electrons. The van der Waals surface area contributed by atoms with Gasteiger partial charge in [-0.15, -0.1) is 0 Å². The fourth-order valence-corrected chi connectivity index (χ4v) is 4.01. The maximum Gasteiger partial charge on any atom is 0.306 e. The van der Waals surface area contributed by atoms with Gasteiger partial charge in [-0.1, -0.05) is 30.3 Å². The molecule has 0 amide bonds. The summed E-state index contributed by atoms with van der Waals surface area (Å²) in [6.07, 6.45) is 3.33. The van der Waals surface area contributed by atoms with Gasteiger partial charge in [0.15, 0.2) is 11.5 Å². The predicted molar refractivity (Wildman–Crippen MR) is 115 cm³/mol. The van der Waals surface area contributed by atoms with Crippen molar-refractivity contribution in [2.24, 2.45) is 0 Å². The first-order chi connectivity index (χ1) is 14.6. The molecule has 0 aliphatic carbocycles. The van der Waals surface area contributed by atoms with Crippen molar-refractivity contribution in [1.29, 1.82) is 0 Å². The van der Waals surface area contributed by atoms with E-state index >= 15 is 0 Å². The number of nitrogens with one attached hydrogen (secondary N) is 1. The van der Waals surface area contributed by atoms with Crippen LogP contribution in [0.4, 0.5) is 0 Å². The minimum absolute atomic E-state index is 0.159. The molecule has 0 aromatic heterocycles. The number of rotatable bonds is 9. The first-order valence-electron chi connectivity index (χ1n) is 10.4. The van der Waals surface area contributed by atoms with Crippen molar-refractivity contribution in [3.8, 4) is 17.2 Å². The third kappa shape index (κ3) is 5.05. The third-order valence-electron chi connectivity index (χ3n) is 5.59. The average Bonchev–Trinajstić information content (AvgIpc) is 2.79. The zero-order valence-corrected chi connectivity index (χ0v) is 18.0. The maximum absolute atomic E-state index is 12.7. The van der Waals surface area contributed by atoms with Crippen molar-refractivity contribution in [3.63, 3.8) is 0 Å². The molecule has 2 aromatic carbocycles. The molecule has 1 aliphatic rings. The molecule has 2 aromatic rings. The lowest BCUT2D eigenvalue weighted by Crippen LogP contribution is -2.43. The first kappa shape index (κ1) is 22.0. The Balaban J connectivity index is 1.63. The number of hydrogen-bond donors (Lipinski definition) is 1. The van der Waals surface area contributed by atoms with Crippen molar-refractivity contribution < 1.29 is 23.7 Å². The fourth-order valence-electron chi connectivity index (χ4n) is 4.01. The van der Waals surface area contributed by atoms with Crippen LogP contribution in [0.5, 0.6) is 17.2 Å². The number of carbonyl (C=O) groups excluding carboxylic acids is 1. The van der Waals surface area contributed by atoms with E-state index in [-0.39, 0.29) is 5.97 Å².